The van der Waals surface area contributed by atoms with E-state index in [1.54, 1.807) is 12.3 Å². The number of aromatic nitrogens is 2. The van der Waals surface area contributed by atoms with E-state index < -0.39 is 25.6 Å². The predicted molar refractivity (Wildman–Crippen MR) is 235 cm³/mol. The highest BCUT2D eigenvalue weighted by atomic mass is 28.3. The minimum absolute atomic E-state index is 0.532. The summed E-state index contributed by atoms with van der Waals surface area (Å²) in [5.74, 6) is 2.64. The molecule has 0 saturated carbocycles. The van der Waals surface area contributed by atoms with Crippen LogP contribution < -0.4 is 9.92 Å². The summed E-state index contributed by atoms with van der Waals surface area (Å²) in [7, 11) is -1.86. The zero-order valence-electron chi connectivity index (χ0n) is 34.9. The number of benzene rings is 6. The van der Waals surface area contributed by atoms with E-state index in [9.17, 15) is 0 Å². The van der Waals surface area contributed by atoms with Crippen LogP contribution in [0.25, 0.3) is 27.6 Å². The van der Waals surface area contributed by atoms with Gasteiger partial charge in [-0.3, -0.25) is 4.57 Å². The van der Waals surface area contributed by atoms with Crippen molar-refractivity contribution in [3.8, 4) is 17.3 Å². The second-order valence-electron chi connectivity index (χ2n) is 16.6. The van der Waals surface area contributed by atoms with Crippen LogP contribution in [0.2, 0.25) is 19.6 Å². The molecule has 280 valence electrons. The third-order valence-corrected chi connectivity index (χ3v) is 14.0. The van der Waals surface area contributed by atoms with Crippen LogP contribution in [0.15, 0.2) is 163 Å². The van der Waals surface area contributed by atoms with Crippen LogP contribution in [-0.4, -0.2) is 23.5 Å². The standard InChI is InChI=1S/C51H45N3O2Si/c1-50-44-20-12-9-17-36(44)29-37-18-10-13-21-45(37)51(50,2)56-49(53-50)38-30-40(32-41(31-38)57(3,4)5)55-39-23-24-43-42-19-11-14-22-46(42)54(47(43)33-39)48-28-35(25-26-52-48)27-34-15-7-6-8-16-34/h6-26,28,30-33H,27,29H2,1-5H3/t50-,51+/m1/s1/i27D2. The van der Waals surface area contributed by atoms with Gasteiger partial charge in [0.15, 0.2) is 5.60 Å². The Labute approximate surface area is 338 Å². The molecule has 0 saturated heterocycles. The number of nitrogens with zero attached hydrogens (tertiary/aromatic N) is 3. The summed E-state index contributed by atoms with van der Waals surface area (Å²) >= 11 is 0. The molecule has 1 aliphatic carbocycles. The molecule has 2 aliphatic rings. The number of para-hydroxylation sites is 1. The molecule has 57 heavy (non-hydrogen) atoms. The SMILES string of the molecule is [2H]C([2H])(c1ccccc1)c1ccnc(-n2c3ccccc3c3ccc(Oc4cc(C5=N[C@]6(C)c7ccccc7Cc7ccccc7[C@]6(C)O5)cc([Si](C)(C)C)c4)cc32)c1. The highest BCUT2D eigenvalue weighted by Gasteiger charge is 2.57. The summed E-state index contributed by atoms with van der Waals surface area (Å²) < 4.78 is 34.3. The molecule has 0 N–H and O–H groups in total. The topological polar surface area (TPSA) is 48.6 Å². The van der Waals surface area contributed by atoms with Gasteiger partial charge in [0.05, 0.1) is 19.1 Å². The van der Waals surface area contributed by atoms with Gasteiger partial charge >= 0.3 is 0 Å². The maximum absolute atomic E-state index is 9.09. The Morgan fingerprint density at radius 1 is 0.684 bits per heavy atom. The molecule has 0 bridgehead atoms. The number of fused-ring (bicyclic) bond motifs is 8. The largest absolute Gasteiger partial charge is 0.463 e. The lowest BCUT2D eigenvalue weighted by Crippen LogP contribution is -2.42. The number of aliphatic imine (C=N–C) groups is 1. The molecule has 10 rings (SSSR count). The fraction of sp³-hybridized carbons (Fsp3) is 0.176. The van der Waals surface area contributed by atoms with Gasteiger partial charge < -0.3 is 9.47 Å². The molecule has 0 spiro atoms. The summed E-state index contributed by atoms with van der Waals surface area (Å²) in [6.45, 7) is 11.4. The van der Waals surface area contributed by atoms with Crippen molar-refractivity contribution in [2.24, 2.45) is 4.99 Å². The molecule has 0 radical (unpaired) electrons. The summed E-state index contributed by atoms with van der Waals surface area (Å²) in [6.07, 6.45) is 0.819. The van der Waals surface area contributed by atoms with E-state index in [0.29, 0.717) is 34.3 Å². The predicted octanol–water partition coefficient (Wildman–Crippen LogP) is 11.6. The Hall–Kier alpha value is -6.24. The van der Waals surface area contributed by atoms with Crippen molar-refractivity contribution in [3.63, 3.8) is 0 Å². The van der Waals surface area contributed by atoms with Gasteiger partial charge in [0.2, 0.25) is 5.90 Å². The molecule has 2 aromatic heterocycles. The van der Waals surface area contributed by atoms with E-state index in [2.05, 4.69) is 129 Å². The van der Waals surface area contributed by atoms with Gasteiger partial charge in [-0.05, 0) is 96.9 Å². The molecule has 2 atom stereocenters. The van der Waals surface area contributed by atoms with Crippen molar-refractivity contribution in [1.29, 1.82) is 0 Å². The first-order valence-corrected chi connectivity index (χ1v) is 23.2. The van der Waals surface area contributed by atoms with Crippen molar-refractivity contribution < 1.29 is 12.2 Å². The third kappa shape index (κ3) is 5.89. The second kappa shape index (κ2) is 13.2. The average molecular weight is 762 g/mol. The molecule has 6 aromatic carbocycles. The van der Waals surface area contributed by atoms with E-state index in [1.165, 1.54) is 21.9 Å². The summed E-state index contributed by atoms with van der Waals surface area (Å²) in [5, 5.41) is 3.37. The smallest absolute Gasteiger partial charge is 0.218 e. The van der Waals surface area contributed by atoms with E-state index in [-0.39, 0.29) is 0 Å². The van der Waals surface area contributed by atoms with Crippen LogP contribution in [0.1, 0.15) is 55.5 Å². The molecular weight excluding hydrogens is 715 g/mol. The van der Waals surface area contributed by atoms with E-state index in [0.717, 1.165) is 39.4 Å². The number of rotatable bonds is 7. The van der Waals surface area contributed by atoms with Crippen molar-refractivity contribution in [2.45, 2.75) is 57.4 Å². The quantitative estimate of drug-likeness (QED) is 0.152. The number of pyridine rings is 1. The molecule has 5 nitrogen and oxygen atoms in total. The highest BCUT2D eigenvalue weighted by molar-refractivity contribution is 6.88. The van der Waals surface area contributed by atoms with Gasteiger partial charge in [0, 0.05) is 36.9 Å². The number of ether oxygens (including phenoxy) is 2. The normalized spacial score (nSPS) is 19.4. The molecule has 0 amide bonds. The third-order valence-electron chi connectivity index (χ3n) is 11.9. The zero-order valence-corrected chi connectivity index (χ0v) is 33.9. The lowest BCUT2D eigenvalue weighted by Gasteiger charge is -2.38. The van der Waals surface area contributed by atoms with Crippen LogP contribution in [0.5, 0.6) is 11.5 Å². The van der Waals surface area contributed by atoms with Gasteiger partial charge in [-0.15, -0.1) is 0 Å². The Balaban J connectivity index is 1.08. The van der Waals surface area contributed by atoms with Crippen molar-refractivity contribution >= 4 is 41.0 Å². The van der Waals surface area contributed by atoms with Gasteiger partial charge in [-0.25, -0.2) is 9.98 Å². The van der Waals surface area contributed by atoms with Crippen LogP contribution >= 0.6 is 0 Å². The van der Waals surface area contributed by atoms with Crippen molar-refractivity contribution in [2.75, 3.05) is 0 Å². The fourth-order valence-corrected chi connectivity index (χ4v) is 9.96. The lowest BCUT2D eigenvalue weighted by molar-refractivity contribution is 0.0289. The first kappa shape index (κ1) is 32.9. The minimum atomic E-state index is -1.86. The molecule has 0 fully saturated rings. The maximum Gasteiger partial charge on any atom is 0.218 e. The Kier molecular flexibility index (Phi) is 7.61. The summed E-state index contributed by atoms with van der Waals surface area (Å²) in [6, 6.07) is 51.1. The van der Waals surface area contributed by atoms with Gasteiger partial charge in [0.1, 0.15) is 22.9 Å². The van der Waals surface area contributed by atoms with Gasteiger partial charge in [-0.2, -0.15) is 0 Å². The molecule has 1 aliphatic heterocycles. The van der Waals surface area contributed by atoms with E-state index >= 15 is 0 Å². The summed E-state index contributed by atoms with van der Waals surface area (Å²) in [4.78, 5) is 10.3. The average Bonchev–Trinajstić information content (AvgIpc) is 3.70. The van der Waals surface area contributed by atoms with Crippen molar-refractivity contribution in [1.82, 2.24) is 9.55 Å². The molecule has 8 aromatic rings. The number of hydrogen-bond acceptors (Lipinski definition) is 4. The lowest BCUT2D eigenvalue weighted by atomic mass is 9.74. The van der Waals surface area contributed by atoms with Gasteiger partial charge in [0.25, 0.3) is 0 Å². The molecule has 0 unspecified atom stereocenters. The zero-order chi connectivity index (χ0) is 40.7. The molecular formula is C51H45N3O2Si. The van der Waals surface area contributed by atoms with Crippen molar-refractivity contribution in [3.05, 3.63) is 197 Å². The molecule has 6 heteroatoms. The van der Waals surface area contributed by atoms with Crippen LogP contribution in [0.4, 0.5) is 0 Å². The Morgan fingerprint density at radius 3 is 2.19 bits per heavy atom. The monoisotopic (exact) mass is 761 g/mol. The van der Waals surface area contributed by atoms with E-state index in [1.807, 2.05) is 54.6 Å². The second-order valence-corrected chi connectivity index (χ2v) is 21.7. The first-order chi connectivity index (χ1) is 28.3. The first-order valence-electron chi connectivity index (χ1n) is 20.7. The van der Waals surface area contributed by atoms with Crippen LogP contribution in [0.3, 0.4) is 0 Å². The number of hydrogen-bond donors (Lipinski definition) is 0. The van der Waals surface area contributed by atoms with Gasteiger partial charge in [-0.1, -0.05) is 128 Å². The Bertz CT molecular complexity index is 2990. The highest BCUT2D eigenvalue weighted by Crippen LogP contribution is 2.54. The maximum atomic E-state index is 9.09. The van der Waals surface area contributed by atoms with Crippen LogP contribution in [0, 0.1) is 0 Å². The summed E-state index contributed by atoms with van der Waals surface area (Å²) in [5.41, 5.74) is 7.40. The van der Waals surface area contributed by atoms with Crippen LogP contribution in [-0.2, 0) is 28.7 Å². The molecule has 3 heterocycles. The van der Waals surface area contributed by atoms with E-state index in [4.69, 9.17) is 22.2 Å². The minimum Gasteiger partial charge on any atom is -0.463 e. The fourth-order valence-electron chi connectivity index (χ4n) is 8.80. The Morgan fingerprint density at radius 2 is 1.39 bits per heavy atom.